The highest BCUT2D eigenvalue weighted by Gasteiger charge is 2.03. The van der Waals surface area contributed by atoms with Crippen LogP contribution in [0.2, 0.25) is 0 Å². The topological polar surface area (TPSA) is 9.23 Å². The van der Waals surface area contributed by atoms with E-state index in [-0.39, 0.29) is 0 Å². The maximum absolute atomic E-state index is 5.80. The molecule has 0 aliphatic heterocycles. The Morgan fingerprint density at radius 1 is 0.857 bits per heavy atom. The first kappa shape index (κ1) is 15.6. The van der Waals surface area contributed by atoms with Gasteiger partial charge in [-0.15, -0.1) is 0 Å². The molecule has 2 rings (SSSR count). The minimum absolute atomic E-state index is 0.822. The van der Waals surface area contributed by atoms with Crippen LogP contribution in [0.5, 0.6) is 5.75 Å². The molecular formula is C20H26O. The van der Waals surface area contributed by atoms with Gasteiger partial charge in [-0.1, -0.05) is 62.1 Å². The van der Waals surface area contributed by atoms with Gasteiger partial charge in [-0.2, -0.15) is 0 Å². The molecule has 0 spiro atoms. The van der Waals surface area contributed by atoms with Gasteiger partial charge in [0.05, 0.1) is 6.61 Å². The van der Waals surface area contributed by atoms with Crippen molar-refractivity contribution in [3.05, 3.63) is 53.6 Å². The van der Waals surface area contributed by atoms with Crippen LogP contribution in [0.4, 0.5) is 0 Å². The van der Waals surface area contributed by atoms with Crippen LogP contribution in [-0.2, 0) is 0 Å². The average Bonchev–Trinajstić information content (AvgIpc) is 2.50. The summed E-state index contributed by atoms with van der Waals surface area (Å²) in [6.07, 6.45) is 4.98. The van der Waals surface area contributed by atoms with E-state index in [0.29, 0.717) is 0 Å². The summed E-state index contributed by atoms with van der Waals surface area (Å²) in [6.45, 7) is 7.35. The van der Waals surface area contributed by atoms with Crippen LogP contribution in [0.15, 0.2) is 42.5 Å². The molecule has 0 atom stereocenters. The second-order valence-corrected chi connectivity index (χ2v) is 5.75. The summed E-state index contributed by atoms with van der Waals surface area (Å²) in [5, 5.41) is 0. The van der Waals surface area contributed by atoms with E-state index in [4.69, 9.17) is 4.74 Å². The number of benzene rings is 2. The van der Waals surface area contributed by atoms with Gasteiger partial charge in [0.1, 0.15) is 5.75 Å². The third-order valence-electron chi connectivity index (χ3n) is 3.83. The fourth-order valence-corrected chi connectivity index (χ4v) is 2.50. The highest BCUT2D eigenvalue weighted by molar-refractivity contribution is 5.68. The molecule has 0 amide bonds. The van der Waals surface area contributed by atoms with Crippen molar-refractivity contribution in [1.82, 2.24) is 0 Å². The zero-order chi connectivity index (χ0) is 15.1. The van der Waals surface area contributed by atoms with E-state index in [2.05, 4.69) is 63.2 Å². The number of hydrogen-bond acceptors (Lipinski definition) is 1. The molecule has 0 aliphatic rings. The van der Waals surface area contributed by atoms with Gasteiger partial charge in [0.15, 0.2) is 0 Å². The van der Waals surface area contributed by atoms with Crippen LogP contribution in [0.1, 0.15) is 43.7 Å². The molecule has 1 heteroatoms. The molecule has 0 N–H and O–H groups in total. The molecule has 112 valence electrons. The second kappa shape index (κ2) is 7.87. The number of rotatable bonds is 7. The van der Waals surface area contributed by atoms with E-state index in [9.17, 15) is 0 Å². The zero-order valence-electron chi connectivity index (χ0n) is 13.5. The van der Waals surface area contributed by atoms with Gasteiger partial charge in [0.25, 0.3) is 0 Å². The van der Waals surface area contributed by atoms with Gasteiger partial charge >= 0.3 is 0 Å². The van der Waals surface area contributed by atoms with Gasteiger partial charge in [-0.25, -0.2) is 0 Å². The standard InChI is InChI=1S/C20H26O/c1-4-5-6-7-14-21-19-12-10-18(11-13-19)20-15-16(2)8-9-17(20)3/h8-13,15H,4-7,14H2,1-3H3. The van der Waals surface area contributed by atoms with E-state index in [0.717, 1.165) is 18.8 Å². The van der Waals surface area contributed by atoms with E-state index >= 15 is 0 Å². The van der Waals surface area contributed by atoms with Crippen molar-refractivity contribution in [1.29, 1.82) is 0 Å². The molecule has 0 bridgehead atoms. The molecule has 1 nitrogen and oxygen atoms in total. The van der Waals surface area contributed by atoms with Gasteiger partial charge < -0.3 is 4.74 Å². The van der Waals surface area contributed by atoms with Crippen molar-refractivity contribution in [3.63, 3.8) is 0 Å². The van der Waals surface area contributed by atoms with Crippen LogP contribution in [0.25, 0.3) is 11.1 Å². The molecule has 0 saturated heterocycles. The zero-order valence-corrected chi connectivity index (χ0v) is 13.5. The summed E-state index contributed by atoms with van der Waals surface area (Å²) in [6, 6.07) is 15.1. The lowest BCUT2D eigenvalue weighted by atomic mass is 9.98. The van der Waals surface area contributed by atoms with E-state index < -0.39 is 0 Å². The van der Waals surface area contributed by atoms with E-state index in [1.54, 1.807) is 0 Å². The molecule has 0 aliphatic carbocycles. The van der Waals surface area contributed by atoms with Crippen molar-refractivity contribution >= 4 is 0 Å². The molecule has 0 radical (unpaired) electrons. The normalized spacial score (nSPS) is 10.6. The van der Waals surface area contributed by atoms with Gasteiger partial charge in [-0.05, 0) is 49.1 Å². The van der Waals surface area contributed by atoms with E-state index in [1.807, 2.05) is 0 Å². The minimum Gasteiger partial charge on any atom is -0.494 e. The predicted molar refractivity (Wildman–Crippen MR) is 91.0 cm³/mol. The third-order valence-corrected chi connectivity index (χ3v) is 3.83. The summed E-state index contributed by atoms with van der Waals surface area (Å²) >= 11 is 0. The van der Waals surface area contributed by atoms with Crippen LogP contribution >= 0.6 is 0 Å². The largest absolute Gasteiger partial charge is 0.494 e. The quantitative estimate of drug-likeness (QED) is 0.572. The molecule has 0 fully saturated rings. The van der Waals surface area contributed by atoms with Gasteiger partial charge in [-0.3, -0.25) is 0 Å². The summed E-state index contributed by atoms with van der Waals surface area (Å²) in [4.78, 5) is 0. The lowest BCUT2D eigenvalue weighted by Crippen LogP contribution is -1.97. The Balaban J connectivity index is 1.97. The second-order valence-electron chi connectivity index (χ2n) is 5.75. The van der Waals surface area contributed by atoms with Crippen LogP contribution in [0, 0.1) is 13.8 Å². The number of hydrogen-bond donors (Lipinski definition) is 0. The highest BCUT2D eigenvalue weighted by Crippen LogP contribution is 2.26. The first-order valence-electron chi connectivity index (χ1n) is 8.01. The van der Waals surface area contributed by atoms with Crippen molar-refractivity contribution < 1.29 is 4.74 Å². The fraction of sp³-hybridized carbons (Fsp3) is 0.400. The highest BCUT2D eigenvalue weighted by atomic mass is 16.5. The molecule has 0 aromatic heterocycles. The van der Waals surface area contributed by atoms with E-state index in [1.165, 1.54) is 41.5 Å². The smallest absolute Gasteiger partial charge is 0.119 e. The van der Waals surface area contributed by atoms with Crippen LogP contribution in [-0.4, -0.2) is 6.61 Å². The minimum atomic E-state index is 0.822. The third kappa shape index (κ3) is 4.63. The molecular weight excluding hydrogens is 256 g/mol. The number of ether oxygens (including phenoxy) is 1. The fourth-order valence-electron chi connectivity index (χ4n) is 2.50. The monoisotopic (exact) mass is 282 g/mol. The Hall–Kier alpha value is -1.76. The van der Waals surface area contributed by atoms with Crippen molar-refractivity contribution in [2.45, 2.75) is 46.5 Å². The average molecular weight is 282 g/mol. The molecule has 0 unspecified atom stereocenters. The van der Waals surface area contributed by atoms with Gasteiger partial charge in [0, 0.05) is 0 Å². The summed E-state index contributed by atoms with van der Waals surface area (Å²) < 4.78 is 5.80. The van der Waals surface area contributed by atoms with Crippen molar-refractivity contribution in [2.75, 3.05) is 6.61 Å². The Bertz CT molecular complexity index is 555. The first-order chi connectivity index (χ1) is 10.2. The Morgan fingerprint density at radius 2 is 1.62 bits per heavy atom. The molecule has 0 heterocycles. The van der Waals surface area contributed by atoms with Crippen molar-refractivity contribution in [2.24, 2.45) is 0 Å². The molecule has 0 saturated carbocycles. The maximum Gasteiger partial charge on any atom is 0.119 e. The Morgan fingerprint density at radius 3 is 2.33 bits per heavy atom. The van der Waals surface area contributed by atoms with Crippen LogP contribution in [0.3, 0.4) is 0 Å². The first-order valence-corrected chi connectivity index (χ1v) is 8.01. The maximum atomic E-state index is 5.80. The number of aryl methyl sites for hydroxylation is 2. The predicted octanol–water partition coefficient (Wildman–Crippen LogP) is 5.93. The summed E-state index contributed by atoms with van der Waals surface area (Å²) in [7, 11) is 0. The van der Waals surface area contributed by atoms with Gasteiger partial charge in [0.2, 0.25) is 0 Å². The van der Waals surface area contributed by atoms with Crippen LogP contribution < -0.4 is 4.74 Å². The lowest BCUT2D eigenvalue weighted by molar-refractivity contribution is 0.305. The Labute approximate surface area is 129 Å². The SMILES string of the molecule is CCCCCCOc1ccc(-c2cc(C)ccc2C)cc1. The summed E-state index contributed by atoms with van der Waals surface area (Å²) in [5.74, 6) is 0.973. The summed E-state index contributed by atoms with van der Waals surface area (Å²) in [5.41, 5.74) is 5.18. The molecule has 21 heavy (non-hydrogen) atoms. The number of unbranched alkanes of at least 4 members (excludes halogenated alkanes) is 3. The lowest BCUT2D eigenvalue weighted by Gasteiger charge is -2.10. The molecule has 2 aromatic rings. The van der Waals surface area contributed by atoms with Crippen molar-refractivity contribution in [3.8, 4) is 16.9 Å². The molecule has 2 aromatic carbocycles. The Kier molecular flexibility index (Phi) is 5.86.